The van der Waals surface area contributed by atoms with Gasteiger partial charge in [0.05, 0.1) is 6.04 Å². The smallest absolute Gasteiger partial charge is 0.243 e. The predicted octanol–water partition coefficient (Wildman–Crippen LogP) is 1.39. The van der Waals surface area contributed by atoms with E-state index in [-0.39, 0.29) is 6.04 Å². The number of rotatable bonds is 2. The van der Waals surface area contributed by atoms with Crippen molar-refractivity contribution in [3.05, 3.63) is 11.7 Å². The van der Waals surface area contributed by atoms with Crippen molar-refractivity contribution in [3.8, 4) is 0 Å². The molecule has 1 N–H and O–H groups in total. The van der Waals surface area contributed by atoms with Crippen LogP contribution >= 0.6 is 0 Å². The lowest BCUT2D eigenvalue weighted by Crippen LogP contribution is -2.16. The molecule has 5 nitrogen and oxygen atoms in total. The van der Waals surface area contributed by atoms with Crippen molar-refractivity contribution in [3.63, 3.8) is 0 Å². The van der Waals surface area contributed by atoms with Gasteiger partial charge in [0.15, 0.2) is 5.82 Å². The van der Waals surface area contributed by atoms with Gasteiger partial charge < -0.3 is 14.6 Å². The van der Waals surface area contributed by atoms with Crippen LogP contribution in [0, 0.1) is 0 Å². The van der Waals surface area contributed by atoms with Crippen molar-refractivity contribution < 1.29 is 9.26 Å². The quantitative estimate of drug-likeness (QED) is 0.821. The second kappa shape index (κ2) is 4.51. The third-order valence-corrected chi connectivity index (χ3v) is 3.40. The van der Waals surface area contributed by atoms with E-state index in [1.807, 2.05) is 0 Å². The van der Waals surface area contributed by atoms with Gasteiger partial charge in [-0.05, 0) is 32.2 Å². The molecule has 0 saturated carbocycles. The molecule has 1 unspecified atom stereocenters. The van der Waals surface area contributed by atoms with Gasteiger partial charge in [0.25, 0.3) is 0 Å². The van der Waals surface area contributed by atoms with Crippen molar-refractivity contribution in [2.45, 2.75) is 37.6 Å². The molecule has 3 heterocycles. The summed E-state index contributed by atoms with van der Waals surface area (Å²) in [7, 11) is 0. The van der Waals surface area contributed by atoms with E-state index < -0.39 is 0 Å². The van der Waals surface area contributed by atoms with Gasteiger partial charge in [0.2, 0.25) is 5.89 Å². The minimum atomic E-state index is 0.279. The Labute approximate surface area is 94.6 Å². The van der Waals surface area contributed by atoms with Crippen LogP contribution in [0.1, 0.15) is 49.4 Å². The Balaban J connectivity index is 1.71. The third-order valence-electron chi connectivity index (χ3n) is 3.40. The summed E-state index contributed by atoms with van der Waals surface area (Å²) in [5.74, 6) is 2.05. The molecule has 0 aromatic carbocycles. The van der Waals surface area contributed by atoms with Gasteiger partial charge in [0.1, 0.15) is 0 Å². The van der Waals surface area contributed by atoms with Crippen molar-refractivity contribution >= 4 is 0 Å². The Bertz CT molecular complexity index is 341. The second-order valence-corrected chi connectivity index (χ2v) is 4.53. The van der Waals surface area contributed by atoms with Gasteiger partial charge in [0, 0.05) is 19.1 Å². The predicted molar refractivity (Wildman–Crippen MR) is 57.1 cm³/mol. The summed E-state index contributed by atoms with van der Waals surface area (Å²) in [6.45, 7) is 2.69. The van der Waals surface area contributed by atoms with Crippen LogP contribution in [0.3, 0.4) is 0 Å². The molecule has 5 heteroatoms. The minimum Gasteiger partial charge on any atom is -0.381 e. The zero-order valence-electron chi connectivity index (χ0n) is 9.32. The molecule has 0 radical (unpaired) electrons. The number of nitrogens with zero attached hydrogens (tertiary/aromatic N) is 2. The first-order valence-corrected chi connectivity index (χ1v) is 6.08. The van der Waals surface area contributed by atoms with Gasteiger partial charge in [-0.25, -0.2) is 0 Å². The molecule has 16 heavy (non-hydrogen) atoms. The van der Waals surface area contributed by atoms with Crippen LogP contribution in [-0.4, -0.2) is 29.9 Å². The third kappa shape index (κ3) is 1.97. The summed E-state index contributed by atoms with van der Waals surface area (Å²) >= 11 is 0. The van der Waals surface area contributed by atoms with Crippen LogP contribution in [0.5, 0.6) is 0 Å². The Hall–Kier alpha value is -0.940. The molecular weight excluding hydrogens is 206 g/mol. The molecule has 0 bridgehead atoms. The maximum absolute atomic E-state index is 5.34. The largest absolute Gasteiger partial charge is 0.381 e. The summed E-state index contributed by atoms with van der Waals surface area (Å²) in [5, 5.41) is 7.47. The zero-order chi connectivity index (χ0) is 10.8. The van der Waals surface area contributed by atoms with Crippen molar-refractivity contribution in [2.75, 3.05) is 19.8 Å². The maximum Gasteiger partial charge on any atom is 0.243 e. The van der Waals surface area contributed by atoms with Gasteiger partial charge in [-0.3, -0.25) is 0 Å². The van der Waals surface area contributed by atoms with Gasteiger partial charge >= 0.3 is 0 Å². The summed E-state index contributed by atoms with van der Waals surface area (Å²) in [6, 6.07) is 0.279. The molecule has 1 atom stereocenters. The SMILES string of the molecule is C1CNC(c2nc(C3CCOCC3)no2)C1. The van der Waals surface area contributed by atoms with Gasteiger partial charge in [-0.1, -0.05) is 5.16 Å². The standard InChI is InChI=1S/C11H17N3O2/c1-2-9(12-5-1)11-13-10(14-16-11)8-3-6-15-7-4-8/h8-9,12H,1-7H2. The summed E-state index contributed by atoms with van der Waals surface area (Å²) in [5.41, 5.74) is 0. The first-order chi connectivity index (χ1) is 7.93. The zero-order valence-corrected chi connectivity index (χ0v) is 9.32. The minimum absolute atomic E-state index is 0.279. The highest BCUT2D eigenvalue weighted by Crippen LogP contribution is 2.27. The molecule has 0 amide bonds. The average molecular weight is 223 g/mol. The lowest BCUT2D eigenvalue weighted by atomic mass is 10.00. The molecule has 2 aliphatic heterocycles. The lowest BCUT2D eigenvalue weighted by Gasteiger charge is -2.18. The molecule has 2 aliphatic rings. The molecule has 1 aromatic heterocycles. The van der Waals surface area contributed by atoms with E-state index in [9.17, 15) is 0 Å². The van der Waals surface area contributed by atoms with Crippen LogP contribution in [0.4, 0.5) is 0 Å². The van der Waals surface area contributed by atoms with E-state index in [1.165, 1.54) is 6.42 Å². The van der Waals surface area contributed by atoms with Crippen molar-refractivity contribution in [1.82, 2.24) is 15.5 Å². The Morgan fingerprint density at radius 3 is 2.81 bits per heavy atom. The van der Waals surface area contributed by atoms with Crippen molar-refractivity contribution in [1.29, 1.82) is 0 Å². The molecule has 1 aromatic rings. The number of nitrogens with one attached hydrogen (secondary N) is 1. The summed E-state index contributed by atoms with van der Waals surface area (Å²) in [6.07, 6.45) is 4.32. The fraction of sp³-hybridized carbons (Fsp3) is 0.818. The number of hydrogen-bond acceptors (Lipinski definition) is 5. The number of ether oxygens (including phenoxy) is 1. The summed E-state index contributed by atoms with van der Waals surface area (Å²) in [4.78, 5) is 4.52. The highest BCUT2D eigenvalue weighted by Gasteiger charge is 2.26. The van der Waals surface area contributed by atoms with Crippen LogP contribution in [0.2, 0.25) is 0 Å². The Kier molecular flexibility index (Phi) is 2.88. The molecule has 88 valence electrons. The lowest BCUT2D eigenvalue weighted by molar-refractivity contribution is 0.0830. The van der Waals surface area contributed by atoms with E-state index in [0.29, 0.717) is 5.92 Å². The van der Waals surface area contributed by atoms with Crippen molar-refractivity contribution in [2.24, 2.45) is 0 Å². The molecule has 2 saturated heterocycles. The summed E-state index contributed by atoms with van der Waals surface area (Å²) < 4.78 is 10.7. The number of aromatic nitrogens is 2. The Morgan fingerprint density at radius 2 is 2.06 bits per heavy atom. The van der Waals surface area contributed by atoms with Gasteiger partial charge in [-0.15, -0.1) is 0 Å². The first kappa shape index (κ1) is 10.2. The van der Waals surface area contributed by atoms with E-state index in [4.69, 9.17) is 9.26 Å². The molecule has 2 fully saturated rings. The second-order valence-electron chi connectivity index (χ2n) is 4.53. The van der Waals surface area contributed by atoms with E-state index >= 15 is 0 Å². The van der Waals surface area contributed by atoms with E-state index in [1.54, 1.807) is 0 Å². The fourth-order valence-corrected chi connectivity index (χ4v) is 2.41. The first-order valence-electron chi connectivity index (χ1n) is 6.08. The van der Waals surface area contributed by atoms with Crippen LogP contribution in [0.25, 0.3) is 0 Å². The van der Waals surface area contributed by atoms with E-state index in [2.05, 4.69) is 15.5 Å². The van der Waals surface area contributed by atoms with Crippen LogP contribution in [-0.2, 0) is 4.74 Å². The monoisotopic (exact) mass is 223 g/mol. The molecule has 0 aliphatic carbocycles. The highest BCUT2D eigenvalue weighted by atomic mass is 16.5. The van der Waals surface area contributed by atoms with E-state index in [0.717, 1.165) is 50.7 Å². The van der Waals surface area contributed by atoms with Gasteiger partial charge in [-0.2, -0.15) is 4.98 Å². The molecule has 3 rings (SSSR count). The number of hydrogen-bond donors (Lipinski definition) is 1. The molecule has 0 spiro atoms. The fourth-order valence-electron chi connectivity index (χ4n) is 2.41. The molecular formula is C11H17N3O2. The Morgan fingerprint density at radius 1 is 1.19 bits per heavy atom. The maximum atomic E-state index is 5.34. The van der Waals surface area contributed by atoms with Crippen LogP contribution in [0.15, 0.2) is 4.52 Å². The normalized spacial score (nSPS) is 27.4. The highest BCUT2D eigenvalue weighted by molar-refractivity contribution is 5.00. The van der Waals surface area contributed by atoms with Crippen LogP contribution < -0.4 is 5.32 Å². The average Bonchev–Trinajstić information content (AvgIpc) is 3.01. The topological polar surface area (TPSA) is 60.2 Å².